The number of aryl methyl sites for hydroxylation is 1. The van der Waals surface area contributed by atoms with Crippen LogP contribution in [0.1, 0.15) is 29.4 Å². The van der Waals surface area contributed by atoms with Crippen molar-refractivity contribution in [3.8, 4) is 11.1 Å². The summed E-state index contributed by atoms with van der Waals surface area (Å²) in [5.41, 5.74) is 10.7. The van der Waals surface area contributed by atoms with Gasteiger partial charge in [0.1, 0.15) is 0 Å². The highest BCUT2D eigenvalue weighted by Crippen LogP contribution is 2.27. The summed E-state index contributed by atoms with van der Waals surface area (Å²) in [5.74, 6) is -0.215. The maximum absolute atomic E-state index is 12.5. The molecule has 1 amide bonds. The molecule has 0 radical (unpaired) electrons. The molecule has 0 fully saturated rings. The van der Waals surface area contributed by atoms with Crippen LogP contribution in [0.3, 0.4) is 0 Å². The molecule has 3 N–H and O–H groups in total. The minimum absolute atomic E-state index is 0.215. The Morgan fingerprint density at radius 3 is 2.52 bits per heavy atom. The van der Waals surface area contributed by atoms with Gasteiger partial charge in [0.05, 0.1) is 16.9 Å². The zero-order valence-corrected chi connectivity index (χ0v) is 14.2. The molecule has 0 saturated carbocycles. The Bertz CT molecular complexity index is 858. The maximum atomic E-state index is 12.5. The molecule has 25 heavy (non-hydrogen) atoms. The zero-order chi connectivity index (χ0) is 17.6. The topological polar surface area (TPSA) is 68.0 Å². The van der Waals surface area contributed by atoms with Gasteiger partial charge in [0, 0.05) is 11.9 Å². The van der Waals surface area contributed by atoms with Gasteiger partial charge >= 0.3 is 0 Å². The lowest BCUT2D eigenvalue weighted by Gasteiger charge is -2.11. The van der Waals surface area contributed by atoms with Crippen LogP contribution in [-0.2, 0) is 6.42 Å². The molecule has 3 rings (SSSR count). The van der Waals surface area contributed by atoms with Crippen LogP contribution >= 0.6 is 0 Å². The number of rotatable bonds is 5. The van der Waals surface area contributed by atoms with Gasteiger partial charge in [-0.3, -0.25) is 9.78 Å². The fourth-order valence-corrected chi connectivity index (χ4v) is 2.63. The lowest BCUT2D eigenvalue weighted by molar-refractivity contribution is 0.102. The predicted molar refractivity (Wildman–Crippen MR) is 102 cm³/mol. The van der Waals surface area contributed by atoms with E-state index in [2.05, 4.69) is 17.2 Å². The average molecular weight is 331 g/mol. The summed E-state index contributed by atoms with van der Waals surface area (Å²) in [6.07, 6.45) is 3.55. The van der Waals surface area contributed by atoms with Crippen molar-refractivity contribution in [3.63, 3.8) is 0 Å². The fourth-order valence-electron chi connectivity index (χ4n) is 2.63. The average Bonchev–Trinajstić information content (AvgIpc) is 2.65. The molecule has 0 aliphatic carbocycles. The third kappa shape index (κ3) is 4.04. The largest absolute Gasteiger partial charge is 0.397 e. The standard InChI is InChI=1S/C21H21N3O/c1-2-6-18-11-9-17(14-23-18)21(25)24-20-13-16(10-12-19(20)22)15-7-4-3-5-8-15/h3-5,7-14H,2,6,22H2,1H3,(H,24,25). The van der Waals surface area contributed by atoms with E-state index in [0.29, 0.717) is 16.9 Å². The lowest BCUT2D eigenvalue weighted by Crippen LogP contribution is -2.13. The minimum Gasteiger partial charge on any atom is -0.397 e. The Hall–Kier alpha value is -3.14. The van der Waals surface area contributed by atoms with Crippen molar-refractivity contribution < 1.29 is 4.79 Å². The fraction of sp³-hybridized carbons (Fsp3) is 0.143. The van der Waals surface area contributed by atoms with Crippen molar-refractivity contribution >= 4 is 17.3 Å². The molecule has 0 bridgehead atoms. The Kier molecular flexibility index (Phi) is 5.09. The lowest BCUT2D eigenvalue weighted by atomic mass is 10.0. The molecule has 1 heterocycles. The Balaban J connectivity index is 1.81. The summed E-state index contributed by atoms with van der Waals surface area (Å²) in [6.45, 7) is 2.10. The van der Waals surface area contributed by atoms with Crippen LogP contribution in [0, 0.1) is 0 Å². The number of hydrogen-bond acceptors (Lipinski definition) is 3. The molecule has 0 saturated heterocycles. The Labute approximate surface area is 147 Å². The zero-order valence-electron chi connectivity index (χ0n) is 14.2. The molecule has 4 heteroatoms. The monoisotopic (exact) mass is 331 g/mol. The Morgan fingerprint density at radius 2 is 1.84 bits per heavy atom. The summed E-state index contributed by atoms with van der Waals surface area (Å²) in [5, 5.41) is 2.88. The molecule has 0 atom stereocenters. The van der Waals surface area contributed by atoms with Gasteiger partial charge in [0.2, 0.25) is 0 Å². The van der Waals surface area contributed by atoms with Crippen molar-refractivity contribution in [2.24, 2.45) is 0 Å². The third-order valence-electron chi connectivity index (χ3n) is 4.00. The van der Waals surface area contributed by atoms with E-state index in [0.717, 1.165) is 29.7 Å². The first kappa shape index (κ1) is 16.7. The van der Waals surface area contributed by atoms with E-state index in [1.165, 1.54) is 0 Å². The van der Waals surface area contributed by atoms with E-state index in [4.69, 9.17) is 5.73 Å². The van der Waals surface area contributed by atoms with Crippen molar-refractivity contribution in [2.45, 2.75) is 19.8 Å². The number of carbonyl (C=O) groups excluding carboxylic acids is 1. The van der Waals surface area contributed by atoms with Gasteiger partial charge in [-0.1, -0.05) is 49.7 Å². The quantitative estimate of drug-likeness (QED) is 0.675. The van der Waals surface area contributed by atoms with E-state index in [-0.39, 0.29) is 5.91 Å². The number of nitrogens with two attached hydrogens (primary N) is 1. The van der Waals surface area contributed by atoms with Crippen molar-refractivity contribution in [1.82, 2.24) is 4.98 Å². The highest BCUT2D eigenvalue weighted by atomic mass is 16.1. The van der Waals surface area contributed by atoms with Crippen molar-refractivity contribution in [2.75, 3.05) is 11.1 Å². The van der Waals surface area contributed by atoms with Gasteiger partial charge in [-0.2, -0.15) is 0 Å². The second-order valence-corrected chi connectivity index (χ2v) is 5.91. The van der Waals surface area contributed by atoms with Crippen molar-refractivity contribution in [3.05, 3.63) is 78.1 Å². The van der Waals surface area contributed by atoms with Gasteiger partial charge < -0.3 is 11.1 Å². The first-order valence-corrected chi connectivity index (χ1v) is 8.38. The molecule has 2 aromatic carbocycles. The number of hydrogen-bond donors (Lipinski definition) is 2. The molecule has 126 valence electrons. The van der Waals surface area contributed by atoms with E-state index < -0.39 is 0 Å². The highest BCUT2D eigenvalue weighted by molar-refractivity contribution is 6.06. The smallest absolute Gasteiger partial charge is 0.257 e. The summed E-state index contributed by atoms with van der Waals surface area (Å²) in [7, 11) is 0. The van der Waals surface area contributed by atoms with Gasteiger partial charge in [-0.25, -0.2) is 0 Å². The Morgan fingerprint density at radius 1 is 1.04 bits per heavy atom. The van der Waals surface area contributed by atoms with Crippen LogP contribution in [-0.4, -0.2) is 10.9 Å². The highest BCUT2D eigenvalue weighted by Gasteiger charge is 2.10. The molecular formula is C21H21N3O. The number of amides is 1. The molecule has 4 nitrogen and oxygen atoms in total. The number of nitrogens with one attached hydrogen (secondary N) is 1. The SMILES string of the molecule is CCCc1ccc(C(=O)Nc2cc(-c3ccccc3)ccc2N)cn1. The number of nitrogens with zero attached hydrogens (tertiary/aromatic N) is 1. The summed E-state index contributed by atoms with van der Waals surface area (Å²) in [4.78, 5) is 16.8. The number of nitrogen functional groups attached to an aromatic ring is 1. The normalized spacial score (nSPS) is 10.4. The predicted octanol–water partition coefficient (Wildman–Crippen LogP) is 4.54. The van der Waals surface area contributed by atoms with E-state index in [9.17, 15) is 4.79 Å². The van der Waals surface area contributed by atoms with Crippen LogP contribution in [0.15, 0.2) is 66.9 Å². The van der Waals surface area contributed by atoms with Gasteiger partial charge in [-0.15, -0.1) is 0 Å². The van der Waals surface area contributed by atoms with E-state index in [1.54, 1.807) is 18.3 Å². The molecule has 0 aliphatic rings. The van der Waals surface area contributed by atoms with Crippen LogP contribution in [0.2, 0.25) is 0 Å². The maximum Gasteiger partial charge on any atom is 0.257 e. The number of benzene rings is 2. The van der Waals surface area contributed by atoms with Crippen LogP contribution in [0.4, 0.5) is 11.4 Å². The van der Waals surface area contributed by atoms with Crippen LogP contribution in [0.25, 0.3) is 11.1 Å². The third-order valence-corrected chi connectivity index (χ3v) is 4.00. The number of anilines is 2. The second-order valence-electron chi connectivity index (χ2n) is 5.91. The second kappa shape index (κ2) is 7.62. The van der Waals surface area contributed by atoms with Crippen LogP contribution < -0.4 is 11.1 Å². The number of aromatic nitrogens is 1. The first-order valence-electron chi connectivity index (χ1n) is 8.38. The number of pyridine rings is 1. The van der Waals surface area contributed by atoms with Gasteiger partial charge in [-0.05, 0) is 41.8 Å². The molecule has 3 aromatic rings. The van der Waals surface area contributed by atoms with E-state index in [1.807, 2.05) is 48.5 Å². The minimum atomic E-state index is -0.215. The van der Waals surface area contributed by atoms with Crippen LogP contribution in [0.5, 0.6) is 0 Å². The van der Waals surface area contributed by atoms with Gasteiger partial charge in [0.15, 0.2) is 0 Å². The first-order chi connectivity index (χ1) is 12.2. The summed E-state index contributed by atoms with van der Waals surface area (Å²) >= 11 is 0. The molecule has 1 aromatic heterocycles. The molecule has 0 aliphatic heterocycles. The van der Waals surface area contributed by atoms with Gasteiger partial charge in [0.25, 0.3) is 5.91 Å². The molecule has 0 unspecified atom stereocenters. The van der Waals surface area contributed by atoms with Crippen molar-refractivity contribution in [1.29, 1.82) is 0 Å². The van der Waals surface area contributed by atoms with E-state index >= 15 is 0 Å². The summed E-state index contributed by atoms with van der Waals surface area (Å²) < 4.78 is 0. The summed E-state index contributed by atoms with van der Waals surface area (Å²) in [6, 6.07) is 19.3. The number of carbonyl (C=O) groups is 1. The molecular weight excluding hydrogens is 310 g/mol. The molecule has 0 spiro atoms.